The molecule has 19 heavy (non-hydrogen) atoms. The number of nitrogens with two attached hydrogens (primary N) is 1. The maximum atomic E-state index is 13.6. The normalized spacial score (nSPS) is 10.3. The molecule has 0 bridgehead atoms. The molecule has 2 aromatic carbocycles. The molecule has 0 fully saturated rings. The number of nitrogen functional groups attached to an aromatic ring is 1. The quantitative estimate of drug-likeness (QED) is 0.870. The maximum absolute atomic E-state index is 13.6. The first-order valence-electron chi connectivity index (χ1n) is 5.61. The summed E-state index contributed by atoms with van der Waals surface area (Å²) >= 11 is 3.37. The van der Waals surface area contributed by atoms with Gasteiger partial charge in [0.1, 0.15) is 12.4 Å². The van der Waals surface area contributed by atoms with Gasteiger partial charge >= 0.3 is 0 Å². The first-order chi connectivity index (χ1) is 9.11. The summed E-state index contributed by atoms with van der Waals surface area (Å²) in [5.74, 6) is 0.748. The zero-order chi connectivity index (χ0) is 13.8. The van der Waals surface area contributed by atoms with E-state index in [9.17, 15) is 4.39 Å². The van der Waals surface area contributed by atoms with E-state index in [0.29, 0.717) is 22.7 Å². The van der Waals surface area contributed by atoms with Crippen molar-refractivity contribution < 1.29 is 13.9 Å². The van der Waals surface area contributed by atoms with Crippen LogP contribution in [0, 0.1) is 5.82 Å². The van der Waals surface area contributed by atoms with Gasteiger partial charge in [0, 0.05) is 11.3 Å². The predicted molar refractivity (Wildman–Crippen MR) is 75.8 cm³/mol. The zero-order valence-corrected chi connectivity index (χ0v) is 11.9. The second kappa shape index (κ2) is 5.93. The highest BCUT2D eigenvalue weighted by atomic mass is 79.9. The van der Waals surface area contributed by atoms with Crippen molar-refractivity contribution in [1.29, 1.82) is 0 Å². The maximum Gasteiger partial charge on any atom is 0.175 e. The first kappa shape index (κ1) is 13.7. The Hall–Kier alpha value is -1.75. The molecule has 0 amide bonds. The SMILES string of the molecule is COc1cccc(Br)c1OCc1ccc(N)cc1F. The number of methoxy groups -OCH3 is 1. The molecule has 0 heterocycles. The molecule has 2 aromatic rings. The number of anilines is 1. The van der Waals surface area contributed by atoms with E-state index in [0.717, 1.165) is 4.47 Å². The number of ether oxygens (including phenoxy) is 2. The highest BCUT2D eigenvalue weighted by Gasteiger charge is 2.10. The average Bonchev–Trinajstić information content (AvgIpc) is 2.39. The fraction of sp³-hybridized carbons (Fsp3) is 0.143. The van der Waals surface area contributed by atoms with Crippen LogP contribution in [0.25, 0.3) is 0 Å². The van der Waals surface area contributed by atoms with Crippen LogP contribution in [-0.4, -0.2) is 7.11 Å². The van der Waals surface area contributed by atoms with Crippen LogP contribution < -0.4 is 15.2 Å². The van der Waals surface area contributed by atoms with Crippen molar-refractivity contribution in [3.05, 3.63) is 52.3 Å². The molecular formula is C14H13BrFNO2. The summed E-state index contributed by atoms with van der Waals surface area (Å²) in [5.41, 5.74) is 6.32. The summed E-state index contributed by atoms with van der Waals surface area (Å²) in [6, 6.07) is 9.96. The van der Waals surface area contributed by atoms with E-state index in [1.54, 1.807) is 25.3 Å². The second-order valence-corrected chi connectivity index (χ2v) is 4.77. The Kier molecular flexibility index (Phi) is 4.27. The lowest BCUT2D eigenvalue weighted by Crippen LogP contribution is -2.01. The van der Waals surface area contributed by atoms with E-state index in [-0.39, 0.29) is 12.4 Å². The Labute approximate surface area is 119 Å². The lowest BCUT2D eigenvalue weighted by atomic mass is 10.2. The Bertz CT molecular complexity index is 590. The Balaban J connectivity index is 2.19. The third-order valence-corrected chi connectivity index (χ3v) is 3.22. The number of benzene rings is 2. The predicted octanol–water partition coefficient (Wildman–Crippen LogP) is 3.76. The van der Waals surface area contributed by atoms with E-state index < -0.39 is 0 Å². The molecule has 0 atom stereocenters. The van der Waals surface area contributed by atoms with E-state index in [4.69, 9.17) is 15.2 Å². The van der Waals surface area contributed by atoms with Gasteiger partial charge in [-0.1, -0.05) is 12.1 Å². The van der Waals surface area contributed by atoms with Crippen molar-refractivity contribution in [2.24, 2.45) is 0 Å². The van der Waals surface area contributed by atoms with Gasteiger partial charge in [-0.25, -0.2) is 4.39 Å². The minimum absolute atomic E-state index is 0.102. The molecule has 2 N–H and O–H groups in total. The van der Waals surface area contributed by atoms with Gasteiger partial charge in [-0.15, -0.1) is 0 Å². The first-order valence-corrected chi connectivity index (χ1v) is 6.40. The zero-order valence-electron chi connectivity index (χ0n) is 10.3. The molecule has 0 aliphatic heterocycles. The van der Waals surface area contributed by atoms with Crippen molar-refractivity contribution in [3.8, 4) is 11.5 Å². The van der Waals surface area contributed by atoms with E-state index >= 15 is 0 Å². The van der Waals surface area contributed by atoms with Crippen LogP contribution in [0.4, 0.5) is 10.1 Å². The molecule has 0 saturated heterocycles. The van der Waals surface area contributed by atoms with E-state index in [2.05, 4.69) is 15.9 Å². The molecule has 3 nitrogen and oxygen atoms in total. The summed E-state index contributed by atoms with van der Waals surface area (Å²) in [6.45, 7) is 0.102. The number of hydrogen-bond donors (Lipinski definition) is 1. The molecule has 0 aromatic heterocycles. The molecule has 0 radical (unpaired) electrons. The molecule has 100 valence electrons. The number of para-hydroxylation sites is 1. The van der Waals surface area contributed by atoms with E-state index in [1.165, 1.54) is 6.07 Å². The Morgan fingerprint density at radius 2 is 2.05 bits per heavy atom. The van der Waals surface area contributed by atoms with Crippen molar-refractivity contribution in [2.75, 3.05) is 12.8 Å². The van der Waals surface area contributed by atoms with Crippen LogP contribution in [0.3, 0.4) is 0 Å². The van der Waals surface area contributed by atoms with Crippen LogP contribution in [0.1, 0.15) is 5.56 Å². The summed E-state index contributed by atoms with van der Waals surface area (Å²) in [7, 11) is 1.55. The van der Waals surface area contributed by atoms with Gasteiger partial charge in [0.2, 0.25) is 0 Å². The molecule has 0 saturated carbocycles. The van der Waals surface area contributed by atoms with Crippen molar-refractivity contribution >= 4 is 21.6 Å². The van der Waals surface area contributed by atoms with Crippen LogP contribution in [-0.2, 0) is 6.61 Å². The third-order valence-electron chi connectivity index (χ3n) is 2.60. The standard InChI is InChI=1S/C14H13BrFNO2/c1-18-13-4-2-3-11(15)14(13)19-8-9-5-6-10(17)7-12(9)16/h2-7H,8,17H2,1H3. The van der Waals surface area contributed by atoms with Gasteiger partial charge in [0.25, 0.3) is 0 Å². The number of hydrogen-bond acceptors (Lipinski definition) is 3. The van der Waals surface area contributed by atoms with Gasteiger partial charge in [0.05, 0.1) is 11.6 Å². The molecule has 5 heteroatoms. The molecule has 0 spiro atoms. The van der Waals surface area contributed by atoms with E-state index in [1.807, 2.05) is 12.1 Å². The average molecular weight is 326 g/mol. The van der Waals surface area contributed by atoms with Crippen molar-refractivity contribution in [1.82, 2.24) is 0 Å². The van der Waals surface area contributed by atoms with Crippen LogP contribution >= 0.6 is 15.9 Å². The number of halogens is 2. The summed E-state index contributed by atoms with van der Waals surface area (Å²) in [4.78, 5) is 0. The lowest BCUT2D eigenvalue weighted by molar-refractivity contribution is 0.278. The van der Waals surface area contributed by atoms with Crippen molar-refractivity contribution in [2.45, 2.75) is 6.61 Å². The van der Waals surface area contributed by atoms with Gasteiger partial charge in [0.15, 0.2) is 11.5 Å². The number of rotatable bonds is 4. The second-order valence-electron chi connectivity index (χ2n) is 3.91. The Morgan fingerprint density at radius 1 is 1.26 bits per heavy atom. The third kappa shape index (κ3) is 3.17. The highest BCUT2D eigenvalue weighted by Crippen LogP contribution is 2.35. The minimum Gasteiger partial charge on any atom is -0.493 e. The molecule has 2 rings (SSSR count). The fourth-order valence-electron chi connectivity index (χ4n) is 1.62. The summed E-state index contributed by atoms with van der Waals surface area (Å²) in [6.07, 6.45) is 0. The van der Waals surface area contributed by atoms with Crippen LogP contribution in [0.5, 0.6) is 11.5 Å². The van der Waals surface area contributed by atoms with Crippen LogP contribution in [0.15, 0.2) is 40.9 Å². The smallest absolute Gasteiger partial charge is 0.175 e. The van der Waals surface area contributed by atoms with Gasteiger partial charge in [-0.3, -0.25) is 0 Å². The molecule has 0 unspecified atom stereocenters. The summed E-state index contributed by atoms with van der Waals surface area (Å²) in [5, 5.41) is 0. The molecule has 0 aliphatic rings. The molecule has 0 aliphatic carbocycles. The topological polar surface area (TPSA) is 44.5 Å². The van der Waals surface area contributed by atoms with Gasteiger partial charge in [-0.05, 0) is 40.2 Å². The highest BCUT2D eigenvalue weighted by molar-refractivity contribution is 9.10. The van der Waals surface area contributed by atoms with Crippen LogP contribution in [0.2, 0.25) is 0 Å². The Morgan fingerprint density at radius 3 is 2.74 bits per heavy atom. The largest absolute Gasteiger partial charge is 0.493 e. The fourth-order valence-corrected chi connectivity index (χ4v) is 2.08. The lowest BCUT2D eigenvalue weighted by Gasteiger charge is -2.12. The molecular weight excluding hydrogens is 313 g/mol. The monoisotopic (exact) mass is 325 g/mol. The summed E-state index contributed by atoms with van der Waals surface area (Å²) < 4.78 is 25.2. The van der Waals surface area contributed by atoms with Gasteiger partial charge < -0.3 is 15.2 Å². The van der Waals surface area contributed by atoms with Gasteiger partial charge in [-0.2, -0.15) is 0 Å². The minimum atomic E-state index is -0.383. The van der Waals surface area contributed by atoms with Crippen molar-refractivity contribution in [3.63, 3.8) is 0 Å².